The van der Waals surface area contributed by atoms with E-state index in [4.69, 9.17) is 11.6 Å². The second-order valence-electron chi connectivity index (χ2n) is 6.81. The van der Waals surface area contributed by atoms with Crippen molar-refractivity contribution in [3.63, 3.8) is 0 Å². The third-order valence-corrected chi connectivity index (χ3v) is 5.32. The number of nitrogens with one attached hydrogen (secondary N) is 1. The molecule has 1 N–H and O–H groups in total. The first-order valence-corrected chi connectivity index (χ1v) is 10.0. The highest BCUT2D eigenvalue weighted by Crippen LogP contribution is 2.29. The molecule has 0 aromatic heterocycles. The Hall–Kier alpha value is -1.10. The van der Waals surface area contributed by atoms with Gasteiger partial charge in [-0.3, -0.25) is 14.6 Å². The van der Waals surface area contributed by atoms with Gasteiger partial charge in [-0.25, -0.2) is 0 Å². The van der Waals surface area contributed by atoms with Gasteiger partial charge in [0.05, 0.1) is 12.6 Å². The third-order valence-electron chi connectivity index (χ3n) is 4.98. The number of nitrogens with zero attached hydrogens (tertiary/aromatic N) is 2. The van der Waals surface area contributed by atoms with Crippen LogP contribution in [-0.2, 0) is 4.79 Å². The lowest BCUT2D eigenvalue weighted by molar-refractivity contribution is -0.122. The fourth-order valence-electron chi connectivity index (χ4n) is 3.43. The van der Waals surface area contributed by atoms with Crippen LogP contribution in [0.5, 0.6) is 0 Å². The lowest BCUT2D eigenvalue weighted by Gasteiger charge is -2.29. The van der Waals surface area contributed by atoms with Crippen LogP contribution < -0.4 is 5.32 Å². The lowest BCUT2D eigenvalue weighted by Crippen LogP contribution is -2.42. The van der Waals surface area contributed by atoms with Gasteiger partial charge in [0.25, 0.3) is 0 Å². The van der Waals surface area contributed by atoms with Gasteiger partial charge in [-0.2, -0.15) is 0 Å². The van der Waals surface area contributed by atoms with Crippen molar-refractivity contribution in [3.8, 4) is 0 Å². The number of hydrogen-bond acceptors (Lipinski definition) is 3. The predicted molar refractivity (Wildman–Crippen MR) is 105 cm³/mol. The van der Waals surface area contributed by atoms with Crippen LogP contribution in [0, 0.1) is 0 Å². The minimum absolute atomic E-state index is 0.106. The van der Waals surface area contributed by atoms with Crippen molar-refractivity contribution < 1.29 is 4.79 Å². The first kappa shape index (κ1) is 20.2. The van der Waals surface area contributed by atoms with E-state index in [1.807, 2.05) is 18.2 Å². The molecule has 1 atom stereocenters. The zero-order valence-corrected chi connectivity index (χ0v) is 16.4. The molecule has 2 rings (SSSR count). The Labute approximate surface area is 157 Å². The Morgan fingerprint density at radius 3 is 2.64 bits per heavy atom. The Morgan fingerprint density at radius 2 is 2.00 bits per heavy atom. The summed E-state index contributed by atoms with van der Waals surface area (Å²) in [6.07, 6.45) is 4.73. The van der Waals surface area contributed by atoms with E-state index in [2.05, 4.69) is 35.0 Å². The number of carbonyl (C=O) groups excluding carboxylic acids is 1. The summed E-state index contributed by atoms with van der Waals surface area (Å²) in [6, 6.07) is 8.15. The van der Waals surface area contributed by atoms with Crippen LogP contribution in [0.4, 0.5) is 0 Å². The molecule has 0 saturated carbocycles. The molecule has 1 aromatic carbocycles. The monoisotopic (exact) mass is 365 g/mol. The largest absolute Gasteiger partial charge is 0.353 e. The van der Waals surface area contributed by atoms with Gasteiger partial charge in [0, 0.05) is 11.6 Å². The summed E-state index contributed by atoms with van der Waals surface area (Å²) in [7, 11) is 0. The molecular formula is C20H32ClN3O. The maximum Gasteiger partial charge on any atom is 0.234 e. The molecular weight excluding hydrogens is 334 g/mol. The van der Waals surface area contributed by atoms with Gasteiger partial charge < -0.3 is 5.32 Å². The van der Waals surface area contributed by atoms with E-state index < -0.39 is 0 Å². The molecule has 1 aromatic rings. The van der Waals surface area contributed by atoms with Gasteiger partial charge in [-0.15, -0.1) is 0 Å². The minimum Gasteiger partial charge on any atom is -0.353 e. The number of hydrogen-bond donors (Lipinski definition) is 1. The maximum atomic E-state index is 12.4. The molecule has 1 heterocycles. The lowest BCUT2D eigenvalue weighted by atomic mass is 10.1. The highest BCUT2D eigenvalue weighted by Gasteiger charge is 2.25. The van der Waals surface area contributed by atoms with Crippen LogP contribution in [0.2, 0.25) is 5.02 Å². The third kappa shape index (κ3) is 6.28. The van der Waals surface area contributed by atoms with Crippen molar-refractivity contribution in [3.05, 3.63) is 34.9 Å². The fraction of sp³-hybridized carbons (Fsp3) is 0.650. The van der Waals surface area contributed by atoms with Gasteiger partial charge in [0.15, 0.2) is 0 Å². The van der Waals surface area contributed by atoms with Crippen molar-refractivity contribution in [2.45, 2.75) is 45.6 Å². The van der Waals surface area contributed by atoms with E-state index in [-0.39, 0.29) is 11.9 Å². The number of unbranched alkanes of at least 4 members (excludes halogenated alkanes) is 1. The highest BCUT2D eigenvalue weighted by molar-refractivity contribution is 6.31. The summed E-state index contributed by atoms with van der Waals surface area (Å²) in [6.45, 7) is 9.43. The number of rotatable bonds is 10. The van der Waals surface area contributed by atoms with E-state index in [9.17, 15) is 4.79 Å². The molecule has 1 aliphatic heterocycles. The Kier molecular flexibility index (Phi) is 8.73. The van der Waals surface area contributed by atoms with Crippen molar-refractivity contribution in [2.24, 2.45) is 0 Å². The summed E-state index contributed by atoms with van der Waals surface area (Å²) < 4.78 is 0. The SMILES string of the molecule is CCCCN(CC)CC(=O)NCC(c1ccccc1Cl)N1CCCC1. The topological polar surface area (TPSA) is 35.6 Å². The number of benzene rings is 1. The van der Waals surface area contributed by atoms with Crippen LogP contribution in [-0.4, -0.2) is 55.0 Å². The zero-order chi connectivity index (χ0) is 18.1. The molecule has 1 fully saturated rings. The normalized spacial score (nSPS) is 16.3. The van der Waals surface area contributed by atoms with E-state index in [1.165, 1.54) is 12.8 Å². The molecule has 1 amide bonds. The summed E-state index contributed by atoms with van der Waals surface area (Å²) >= 11 is 6.43. The summed E-state index contributed by atoms with van der Waals surface area (Å²) in [4.78, 5) is 17.1. The first-order chi connectivity index (χ1) is 12.2. The molecule has 0 aliphatic carbocycles. The van der Waals surface area contributed by atoms with Crippen LogP contribution in [0.15, 0.2) is 24.3 Å². The van der Waals surface area contributed by atoms with Gasteiger partial charge in [0.1, 0.15) is 0 Å². The highest BCUT2D eigenvalue weighted by atomic mass is 35.5. The summed E-state index contributed by atoms with van der Waals surface area (Å²) in [5.41, 5.74) is 1.12. The molecule has 4 nitrogen and oxygen atoms in total. The van der Waals surface area contributed by atoms with E-state index in [0.717, 1.165) is 49.6 Å². The fourth-order valence-corrected chi connectivity index (χ4v) is 3.70. The van der Waals surface area contributed by atoms with Gasteiger partial charge >= 0.3 is 0 Å². The molecule has 5 heteroatoms. The van der Waals surface area contributed by atoms with Gasteiger partial charge in [0.2, 0.25) is 5.91 Å². The van der Waals surface area contributed by atoms with Crippen molar-refractivity contribution >= 4 is 17.5 Å². The molecule has 1 saturated heterocycles. The number of amides is 1. The molecule has 0 radical (unpaired) electrons. The average Bonchev–Trinajstić information content (AvgIpc) is 3.14. The Balaban J connectivity index is 1.95. The van der Waals surface area contributed by atoms with Crippen molar-refractivity contribution in [2.75, 3.05) is 39.3 Å². The smallest absolute Gasteiger partial charge is 0.234 e. The maximum absolute atomic E-state index is 12.4. The van der Waals surface area contributed by atoms with Crippen LogP contribution in [0.25, 0.3) is 0 Å². The predicted octanol–water partition coefficient (Wildman–Crippen LogP) is 3.72. The van der Waals surface area contributed by atoms with Gasteiger partial charge in [-0.05, 0) is 57.1 Å². The van der Waals surface area contributed by atoms with Crippen LogP contribution in [0.3, 0.4) is 0 Å². The van der Waals surface area contributed by atoms with Crippen LogP contribution in [0.1, 0.15) is 51.1 Å². The first-order valence-electron chi connectivity index (χ1n) is 9.63. The average molecular weight is 366 g/mol. The second kappa shape index (κ2) is 10.8. The molecule has 1 aliphatic rings. The second-order valence-corrected chi connectivity index (χ2v) is 7.21. The van der Waals surface area contributed by atoms with E-state index >= 15 is 0 Å². The number of likely N-dealkylation sites (tertiary alicyclic amines) is 1. The Bertz CT molecular complexity index is 531. The molecule has 25 heavy (non-hydrogen) atoms. The van der Waals surface area contributed by atoms with Crippen molar-refractivity contribution in [1.29, 1.82) is 0 Å². The summed E-state index contributed by atoms with van der Waals surface area (Å²) in [5.74, 6) is 0.106. The number of halogens is 1. The van der Waals surface area contributed by atoms with Gasteiger partial charge in [-0.1, -0.05) is 50.1 Å². The van der Waals surface area contributed by atoms with Crippen LogP contribution >= 0.6 is 11.6 Å². The quantitative estimate of drug-likeness (QED) is 0.686. The number of likely N-dealkylation sites (N-methyl/N-ethyl adjacent to an activating group) is 1. The number of carbonyl (C=O) groups is 1. The Morgan fingerprint density at radius 1 is 1.28 bits per heavy atom. The summed E-state index contributed by atoms with van der Waals surface area (Å²) in [5, 5.41) is 3.93. The molecule has 0 spiro atoms. The van der Waals surface area contributed by atoms with E-state index in [0.29, 0.717) is 13.1 Å². The molecule has 1 unspecified atom stereocenters. The van der Waals surface area contributed by atoms with E-state index in [1.54, 1.807) is 0 Å². The molecule has 0 bridgehead atoms. The minimum atomic E-state index is 0.106. The zero-order valence-electron chi connectivity index (χ0n) is 15.6. The van der Waals surface area contributed by atoms with Crippen molar-refractivity contribution in [1.82, 2.24) is 15.1 Å². The molecule has 140 valence electrons. The standard InChI is InChI=1S/C20H32ClN3O/c1-3-5-12-23(4-2)16-20(25)22-15-19(24-13-8-9-14-24)17-10-6-7-11-18(17)21/h6-7,10-11,19H,3-5,8-9,12-16H2,1-2H3,(H,22,25).